The maximum Gasteiger partial charge on any atom is 0.302 e. The van der Waals surface area contributed by atoms with Crippen LogP contribution in [0.25, 0.3) is 0 Å². The third-order valence-electron chi connectivity index (χ3n) is 6.17. The van der Waals surface area contributed by atoms with Crippen molar-refractivity contribution in [1.29, 1.82) is 0 Å². The molecule has 0 N–H and O–H groups in total. The van der Waals surface area contributed by atoms with Gasteiger partial charge in [0.05, 0.1) is 0 Å². The lowest BCUT2D eigenvalue weighted by Crippen LogP contribution is -2.26. The summed E-state index contributed by atoms with van der Waals surface area (Å²) in [6.45, 7) is 13.1. The summed E-state index contributed by atoms with van der Waals surface area (Å²) in [5, 5.41) is 0. The Bertz CT molecular complexity index is 540. The number of fused-ring (bicyclic) bond motifs is 1. The molecule has 0 heterocycles. The summed E-state index contributed by atoms with van der Waals surface area (Å²) >= 11 is 0. The summed E-state index contributed by atoms with van der Waals surface area (Å²) in [4.78, 5) is 11.2. The van der Waals surface area contributed by atoms with E-state index in [1.54, 1.807) is 0 Å². The highest BCUT2D eigenvalue weighted by atomic mass is 16.5. The van der Waals surface area contributed by atoms with E-state index in [9.17, 15) is 4.79 Å². The van der Waals surface area contributed by atoms with Gasteiger partial charge in [-0.15, -0.1) is 0 Å². The Labute approximate surface area is 148 Å². The number of hydrogen-bond donors (Lipinski definition) is 0. The van der Waals surface area contributed by atoms with E-state index in [-0.39, 0.29) is 5.97 Å². The first-order chi connectivity index (χ1) is 11.3. The normalized spacial score (nSPS) is 31.3. The molecule has 134 valence electrons. The second-order valence-corrected chi connectivity index (χ2v) is 8.23. The molecule has 2 heteroatoms. The van der Waals surface area contributed by atoms with Gasteiger partial charge >= 0.3 is 5.97 Å². The largest absolute Gasteiger partial charge is 0.461 e. The monoisotopic (exact) mass is 330 g/mol. The first kappa shape index (κ1) is 19.0. The molecule has 0 aromatic carbocycles. The zero-order valence-electron chi connectivity index (χ0n) is 16.0. The van der Waals surface area contributed by atoms with Gasteiger partial charge in [0.1, 0.15) is 6.61 Å². The lowest BCUT2D eigenvalue weighted by Gasteiger charge is -2.34. The molecule has 2 nitrogen and oxygen atoms in total. The van der Waals surface area contributed by atoms with Crippen LogP contribution in [0.3, 0.4) is 0 Å². The van der Waals surface area contributed by atoms with Crippen molar-refractivity contribution < 1.29 is 9.53 Å². The number of esters is 1. The highest BCUT2D eigenvalue weighted by Gasteiger charge is 2.44. The number of carbonyl (C=O) groups is 1. The highest BCUT2D eigenvalue weighted by Crippen LogP contribution is 2.53. The molecule has 2 aliphatic carbocycles. The van der Waals surface area contributed by atoms with E-state index >= 15 is 0 Å². The van der Waals surface area contributed by atoms with Gasteiger partial charge in [-0.05, 0) is 81.6 Å². The molecule has 0 radical (unpaired) electrons. The van der Waals surface area contributed by atoms with Crippen molar-refractivity contribution >= 4 is 5.97 Å². The average molecular weight is 331 g/mol. The van der Waals surface area contributed by atoms with E-state index in [0.717, 1.165) is 19.3 Å². The van der Waals surface area contributed by atoms with Crippen molar-refractivity contribution in [3.8, 4) is 0 Å². The third-order valence-corrected chi connectivity index (χ3v) is 6.17. The Morgan fingerprint density at radius 2 is 2.04 bits per heavy atom. The van der Waals surface area contributed by atoms with Gasteiger partial charge in [0.25, 0.3) is 0 Å². The molecule has 0 spiro atoms. The van der Waals surface area contributed by atoms with E-state index in [1.165, 1.54) is 49.3 Å². The van der Waals surface area contributed by atoms with Gasteiger partial charge in [0.2, 0.25) is 0 Å². The van der Waals surface area contributed by atoms with Gasteiger partial charge < -0.3 is 4.74 Å². The Balaban J connectivity index is 2.21. The van der Waals surface area contributed by atoms with Gasteiger partial charge in [-0.3, -0.25) is 4.79 Å². The summed E-state index contributed by atoms with van der Waals surface area (Å²) < 4.78 is 5.28. The SMILES string of the molecule is C=C(C)C1CCC2(C)CC=C(C)CCC=C(COC(C)=O)CCC12. The number of allylic oxidation sites excluding steroid dienone is 4. The molecule has 3 atom stereocenters. The van der Waals surface area contributed by atoms with Gasteiger partial charge in [-0.2, -0.15) is 0 Å². The third kappa shape index (κ3) is 4.84. The van der Waals surface area contributed by atoms with Crippen molar-refractivity contribution in [2.24, 2.45) is 17.3 Å². The van der Waals surface area contributed by atoms with Crippen LogP contribution >= 0.6 is 0 Å². The molecule has 0 saturated heterocycles. The van der Waals surface area contributed by atoms with Crippen LogP contribution in [0.15, 0.2) is 35.5 Å². The number of hydrogen-bond acceptors (Lipinski definition) is 2. The van der Waals surface area contributed by atoms with Crippen molar-refractivity contribution in [3.63, 3.8) is 0 Å². The van der Waals surface area contributed by atoms with Crippen molar-refractivity contribution in [2.75, 3.05) is 6.61 Å². The topological polar surface area (TPSA) is 26.3 Å². The van der Waals surface area contributed by atoms with Crippen LogP contribution in [0, 0.1) is 17.3 Å². The lowest BCUT2D eigenvalue weighted by atomic mass is 9.70. The highest BCUT2D eigenvalue weighted by molar-refractivity contribution is 5.66. The molecule has 1 saturated carbocycles. The summed E-state index contributed by atoms with van der Waals surface area (Å²) in [5.41, 5.74) is 4.49. The van der Waals surface area contributed by atoms with E-state index in [4.69, 9.17) is 4.74 Å². The van der Waals surface area contributed by atoms with Crippen LogP contribution in [-0.2, 0) is 9.53 Å². The Kier molecular flexibility index (Phi) is 6.48. The standard InChI is InChI=1S/C22H34O2/c1-16(2)20-12-14-22(5)13-11-17(3)7-6-8-19(9-10-21(20)22)15-24-18(4)23/h8,11,20-21H,1,6-7,9-10,12-15H2,2-5H3. The fraction of sp³-hybridized carbons (Fsp3) is 0.682. The molecular weight excluding hydrogens is 296 g/mol. The molecule has 24 heavy (non-hydrogen) atoms. The van der Waals surface area contributed by atoms with E-state index in [2.05, 4.69) is 39.5 Å². The maximum atomic E-state index is 11.2. The van der Waals surface area contributed by atoms with Crippen molar-refractivity contribution in [2.45, 2.75) is 72.6 Å². The fourth-order valence-corrected chi connectivity index (χ4v) is 4.53. The summed E-state index contributed by atoms with van der Waals surface area (Å²) in [5.74, 6) is 1.13. The van der Waals surface area contributed by atoms with Crippen LogP contribution in [0.5, 0.6) is 0 Å². The van der Waals surface area contributed by atoms with Gasteiger partial charge in [-0.1, -0.05) is 36.8 Å². The molecule has 1 fully saturated rings. The van der Waals surface area contributed by atoms with Gasteiger partial charge in [0, 0.05) is 6.92 Å². The molecule has 3 unspecified atom stereocenters. The maximum absolute atomic E-state index is 11.2. The van der Waals surface area contributed by atoms with Crippen molar-refractivity contribution in [1.82, 2.24) is 0 Å². The molecule has 2 aliphatic rings. The predicted octanol–water partition coefficient (Wildman–Crippen LogP) is 5.99. The van der Waals surface area contributed by atoms with Gasteiger partial charge in [0.15, 0.2) is 0 Å². The minimum Gasteiger partial charge on any atom is -0.461 e. The van der Waals surface area contributed by atoms with Crippen LogP contribution in [-0.4, -0.2) is 12.6 Å². The molecule has 0 aliphatic heterocycles. The molecule has 0 amide bonds. The predicted molar refractivity (Wildman–Crippen MR) is 101 cm³/mol. The minimum absolute atomic E-state index is 0.188. The van der Waals surface area contributed by atoms with Gasteiger partial charge in [-0.25, -0.2) is 0 Å². The Morgan fingerprint density at radius 3 is 2.71 bits per heavy atom. The quantitative estimate of drug-likeness (QED) is 0.469. The zero-order chi connectivity index (χ0) is 17.7. The molecular formula is C22H34O2. The van der Waals surface area contributed by atoms with Crippen LogP contribution in [0.1, 0.15) is 72.6 Å². The number of ether oxygens (including phenoxy) is 1. The lowest BCUT2D eigenvalue weighted by molar-refractivity contribution is -0.140. The van der Waals surface area contributed by atoms with E-state index < -0.39 is 0 Å². The van der Waals surface area contributed by atoms with Crippen molar-refractivity contribution in [3.05, 3.63) is 35.5 Å². The number of carbonyl (C=O) groups excluding carboxylic acids is 1. The summed E-state index contributed by atoms with van der Waals surface area (Å²) in [6.07, 6.45) is 12.9. The number of rotatable bonds is 3. The molecule has 2 rings (SSSR count). The average Bonchev–Trinajstić information content (AvgIpc) is 2.83. The van der Waals surface area contributed by atoms with Crippen LogP contribution in [0.2, 0.25) is 0 Å². The second kappa shape index (κ2) is 8.18. The van der Waals surface area contributed by atoms with Crippen LogP contribution < -0.4 is 0 Å². The summed E-state index contributed by atoms with van der Waals surface area (Å²) in [7, 11) is 0. The first-order valence-electron chi connectivity index (χ1n) is 9.44. The first-order valence-corrected chi connectivity index (χ1v) is 9.44. The molecule has 0 bridgehead atoms. The smallest absolute Gasteiger partial charge is 0.302 e. The summed E-state index contributed by atoms with van der Waals surface area (Å²) in [6, 6.07) is 0. The zero-order valence-corrected chi connectivity index (χ0v) is 16.0. The minimum atomic E-state index is -0.188. The Hall–Kier alpha value is -1.31. The molecule has 0 aromatic heterocycles. The van der Waals surface area contributed by atoms with E-state index in [1.807, 2.05) is 0 Å². The Morgan fingerprint density at radius 1 is 1.29 bits per heavy atom. The van der Waals surface area contributed by atoms with E-state index in [0.29, 0.717) is 23.9 Å². The van der Waals surface area contributed by atoms with Crippen LogP contribution in [0.4, 0.5) is 0 Å². The second-order valence-electron chi connectivity index (χ2n) is 8.23. The fourth-order valence-electron chi connectivity index (χ4n) is 4.53. The molecule has 0 aromatic rings.